The van der Waals surface area contributed by atoms with E-state index in [1.807, 2.05) is 6.07 Å². The van der Waals surface area contributed by atoms with E-state index in [2.05, 4.69) is 59.1 Å². The summed E-state index contributed by atoms with van der Waals surface area (Å²) in [5.74, 6) is 0.533. The summed E-state index contributed by atoms with van der Waals surface area (Å²) in [6, 6.07) is 13.7. The van der Waals surface area contributed by atoms with Crippen LogP contribution in [0.25, 0.3) is 0 Å². The number of rotatable bonds is 5. The van der Waals surface area contributed by atoms with Crippen molar-refractivity contribution in [2.24, 2.45) is 0 Å². The van der Waals surface area contributed by atoms with Crippen LogP contribution in [0.5, 0.6) is 0 Å². The maximum atomic E-state index is 12.3. The van der Waals surface area contributed by atoms with Gasteiger partial charge in [-0.25, -0.2) is 9.78 Å². The molecule has 0 spiro atoms. The summed E-state index contributed by atoms with van der Waals surface area (Å²) in [6.45, 7) is 5.43. The van der Waals surface area contributed by atoms with Crippen LogP contribution in [0.1, 0.15) is 49.4 Å². The fourth-order valence-corrected chi connectivity index (χ4v) is 3.57. The fourth-order valence-electron chi connectivity index (χ4n) is 3.57. The molecule has 1 atom stereocenters. The van der Waals surface area contributed by atoms with Crippen molar-refractivity contribution in [3.8, 4) is 6.07 Å². The van der Waals surface area contributed by atoms with Gasteiger partial charge >= 0.3 is 6.03 Å². The Labute approximate surface area is 160 Å². The van der Waals surface area contributed by atoms with Gasteiger partial charge in [-0.1, -0.05) is 38.1 Å². The van der Waals surface area contributed by atoms with Gasteiger partial charge in [-0.05, 0) is 41.5 Å². The molecule has 1 heterocycles. The zero-order valence-corrected chi connectivity index (χ0v) is 15.7. The van der Waals surface area contributed by atoms with Crippen molar-refractivity contribution in [3.63, 3.8) is 0 Å². The van der Waals surface area contributed by atoms with Crippen LogP contribution < -0.4 is 16.0 Å². The van der Waals surface area contributed by atoms with Crippen molar-refractivity contribution >= 4 is 11.8 Å². The number of pyridine rings is 1. The molecule has 1 aliphatic rings. The number of hydrogen-bond donors (Lipinski definition) is 3. The van der Waals surface area contributed by atoms with Crippen molar-refractivity contribution in [2.45, 2.75) is 38.1 Å². The number of nitrogens with zero attached hydrogens (tertiary/aromatic N) is 2. The molecular weight excluding hydrogens is 338 g/mol. The lowest BCUT2D eigenvalue weighted by Gasteiger charge is -2.37. The highest BCUT2D eigenvalue weighted by Crippen LogP contribution is 2.41. The molecule has 3 rings (SSSR count). The zero-order chi connectivity index (χ0) is 19.3. The van der Waals surface area contributed by atoms with Gasteiger partial charge in [0.1, 0.15) is 11.9 Å². The molecule has 1 aromatic carbocycles. The predicted molar refractivity (Wildman–Crippen MR) is 105 cm³/mol. The average Bonchev–Trinajstić information content (AvgIpc) is 2.68. The number of hydrogen-bond acceptors (Lipinski definition) is 4. The van der Waals surface area contributed by atoms with E-state index < -0.39 is 0 Å². The SMILES string of the molecule is CC1(C)CC[C@@H](NC(=O)NCCNc2ncccc2C#N)c2ccccc21. The average molecular weight is 363 g/mol. The van der Waals surface area contributed by atoms with Crippen LogP contribution in [0.15, 0.2) is 42.6 Å². The molecule has 1 aromatic heterocycles. The van der Waals surface area contributed by atoms with Crippen LogP contribution in [-0.4, -0.2) is 24.1 Å². The Balaban J connectivity index is 1.51. The molecule has 27 heavy (non-hydrogen) atoms. The number of benzene rings is 1. The molecule has 0 saturated heterocycles. The number of aromatic nitrogens is 1. The minimum absolute atomic E-state index is 0.0307. The molecule has 0 radical (unpaired) electrons. The quantitative estimate of drug-likeness (QED) is 0.710. The van der Waals surface area contributed by atoms with Crippen molar-refractivity contribution in [1.29, 1.82) is 5.26 Å². The summed E-state index contributed by atoms with van der Waals surface area (Å²) >= 11 is 0. The molecule has 1 aliphatic carbocycles. The van der Waals surface area contributed by atoms with Crippen LogP contribution >= 0.6 is 0 Å². The number of anilines is 1. The highest BCUT2D eigenvalue weighted by molar-refractivity contribution is 5.74. The van der Waals surface area contributed by atoms with Gasteiger partial charge in [0.05, 0.1) is 11.6 Å². The molecule has 0 bridgehead atoms. The molecule has 0 aliphatic heterocycles. The lowest BCUT2D eigenvalue weighted by molar-refractivity contribution is 0.234. The molecule has 0 fully saturated rings. The number of carbonyl (C=O) groups excluding carboxylic acids is 1. The first-order valence-corrected chi connectivity index (χ1v) is 9.24. The van der Waals surface area contributed by atoms with Crippen LogP contribution in [0, 0.1) is 11.3 Å². The van der Waals surface area contributed by atoms with Crippen LogP contribution in [0.2, 0.25) is 0 Å². The number of urea groups is 1. The van der Waals surface area contributed by atoms with E-state index >= 15 is 0 Å². The Bertz CT molecular complexity index is 856. The largest absolute Gasteiger partial charge is 0.367 e. The highest BCUT2D eigenvalue weighted by Gasteiger charge is 2.32. The van der Waals surface area contributed by atoms with Crippen molar-refractivity contribution in [1.82, 2.24) is 15.6 Å². The number of nitriles is 1. The molecule has 140 valence electrons. The first kappa shape index (κ1) is 18.7. The van der Waals surface area contributed by atoms with Crippen molar-refractivity contribution in [2.75, 3.05) is 18.4 Å². The van der Waals surface area contributed by atoms with Gasteiger partial charge in [0.25, 0.3) is 0 Å². The van der Waals surface area contributed by atoms with Crippen LogP contribution in [-0.2, 0) is 5.41 Å². The lowest BCUT2D eigenvalue weighted by Crippen LogP contribution is -2.42. The summed E-state index contributed by atoms with van der Waals surface area (Å²) in [5, 5.41) is 18.1. The lowest BCUT2D eigenvalue weighted by atomic mass is 9.71. The minimum Gasteiger partial charge on any atom is -0.367 e. The van der Waals surface area contributed by atoms with Crippen LogP contribution in [0.3, 0.4) is 0 Å². The molecule has 0 unspecified atom stereocenters. The summed E-state index contributed by atoms with van der Waals surface area (Å²) in [7, 11) is 0. The summed E-state index contributed by atoms with van der Waals surface area (Å²) in [5.41, 5.74) is 3.14. The number of amides is 2. The van der Waals surface area contributed by atoms with Crippen molar-refractivity contribution < 1.29 is 4.79 Å². The third-order valence-corrected chi connectivity index (χ3v) is 5.06. The Morgan fingerprint density at radius 2 is 2.07 bits per heavy atom. The van der Waals surface area contributed by atoms with Gasteiger partial charge in [0.15, 0.2) is 0 Å². The number of fused-ring (bicyclic) bond motifs is 1. The Kier molecular flexibility index (Phi) is 5.60. The molecule has 6 nitrogen and oxygen atoms in total. The van der Waals surface area contributed by atoms with E-state index in [4.69, 9.17) is 5.26 Å². The Morgan fingerprint density at radius 1 is 1.26 bits per heavy atom. The van der Waals surface area contributed by atoms with Gasteiger partial charge in [0.2, 0.25) is 0 Å². The fraction of sp³-hybridized carbons (Fsp3) is 0.381. The van der Waals surface area contributed by atoms with E-state index in [1.54, 1.807) is 18.3 Å². The maximum Gasteiger partial charge on any atom is 0.315 e. The molecule has 3 N–H and O–H groups in total. The standard InChI is InChI=1S/C21H25N5O/c1-21(2)10-9-18(16-7-3-4-8-17(16)21)26-20(27)25-13-12-24-19-15(14-22)6-5-11-23-19/h3-8,11,18H,9-10,12-13H2,1-2H3,(H,23,24)(H2,25,26,27)/t18-/m1/s1. The molecule has 6 heteroatoms. The Morgan fingerprint density at radius 3 is 2.89 bits per heavy atom. The smallest absolute Gasteiger partial charge is 0.315 e. The maximum absolute atomic E-state index is 12.3. The van der Waals surface area contributed by atoms with E-state index in [1.165, 1.54) is 11.1 Å². The first-order chi connectivity index (χ1) is 13.0. The predicted octanol–water partition coefficient (Wildman–Crippen LogP) is 3.48. The number of nitrogens with one attached hydrogen (secondary N) is 3. The van der Waals surface area contributed by atoms with Crippen LogP contribution in [0.4, 0.5) is 10.6 Å². The second kappa shape index (κ2) is 8.09. The first-order valence-electron chi connectivity index (χ1n) is 9.24. The van der Waals surface area contributed by atoms with Gasteiger partial charge in [0, 0.05) is 19.3 Å². The van der Waals surface area contributed by atoms with E-state index in [0.717, 1.165) is 12.8 Å². The minimum atomic E-state index is -0.183. The summed E-state index contributed by atoms with van der Waals surface area (Å²) in [4.78, 5) is 16.4. The summed E-state index contributed by atoms with van der Waals surface area (Å²) in [6.07, 6.45) is 3.59. The second-order valence-electron chi connectivity index (χ2n) is 7.40. The van der Waals surface area contributed by atoms with E-state index in [0.29, 0.717) is 24.5 Å². The van der Waals surface area contributed by atoms with E-state index in [9.17, 15) is 4.79 Å². The van der Waals surface area contributed by atoms with Gasteiger partial charge < -0.3 is 16.0 Å². The van der Waals surface area contributed by atoms with Gasteiger partial charge in [-0.3, -0.25) is 0 Å². The normalized spacial score (nSPS) is 17.3. The molecule has 0 saturated carbocycles. The third-order valence-electron chi connectivity index (χ3n) is 5.06. The zero-order valence-electron chi connectivity index (χ0n) is 15.7. The molecular formula is C21H25N5O. The topological polar surface area (TPSA) is 89.8 Å². The van der Waals surface area contributed by atoms with Gasteiger partial charge in [-0.2, -0.15) is 5.26 Å². The highest BCUT2D eigenvalue weighted by atomic mass is 16.2. The second-order valence-corrected chi connectivity index (χ2v) is 7.40. The molecule has 2 aromatic rings. The third kappa shape index (κ3) is 4.37. The monoisotopic (exact) mass is 363 g/mol. The summed E-state index contributed by atoms with van der Waals surface area (Å²) < 4.78 is 0. The van der Waals surface area contributed by atoms with Crippen molar-refractivity contribution in [3.05, 3.63) is 59.3 Å². The Hall–Kier alpha value is -3.07. The van der Waals surface area contributed by atoms with Gasteiger partial charge in [-0.15, -0.1) is 0 Å². The molecule has 2 amide bonds. The number of carbonyl (C=O) groups is 1. The van der Waals surface area contributed by atoms with E-state index in [-0.39, 0.29) is 17.5 Å².